The lowest BCUT2D eigenvalue weighted by atomic mass is 10.2. The first kappa shape index (κ1) is 16.9. The fourth-order valence-corrected chi connectivity index (χ4v) is 1.88. The van der Waals surface area contributed by atoms with Crippen LogP contribution < -0.4 is 10.6 Å². The molecule has 1 aromatic carbocycles. The zero-order chi connectivity index (χ0) is 15.1. The molecule has 0 fully saturated rings. The molecule has 0 heterocycles. The molecule has 0 aliphatic carbocycles. The van der Waals surface area contributed by atoms with Gasteiger partial charge >= 0.3 is 6.03 Å². The first-order chi connectivity index (χ1) is 9.49. The largest absolute Gasteiger partial charge is 0.394 e. The Balaban J connectivity index is 2.64. The van der Waals surface area contributed by atoms with E-state index < -0.39 is 17.9 Å². The van der Waals surface area contributed by atoms with Gasteiger partial charge in [-0.1, -0.05) is 15.9 Å². The molecule has 0 spiro atoms. The highest BCUT2D eigenvalue weighted by molar-refractivity contribution is 9.10. The Kier molecular flexibility index (Phi) is 6.90. The van der Waals surface area contributed by atoms with Crippen LogP contribution >= 0.6 is 15.9 Å². The average Bonchev–Trinajstić information content (AvgIpc) is 2.44. The van der Waals surface area contributed by atoms with E-state index in [4.69, 9.17) is 9.84 Å². The summed E-state index contributed by atoms with van der Waals surface area (Å²) in [6.45, 7) is 1.81. The van der Waals surface area contributed by atoms with Gasteiger partial charge in [-0.05, 0) is 25.5 Å². The number of hydrogen-bond donors (Lipinski definition) is 3. The molecule has 7 heteroatoms. The molecule has 0 unspecified atom stereocenters. The number of carbonyl (C=O) groups excluding carboxylic acids is 1. The Hall–Kier alpha value is -1.18. The molecule has 3 N–H and O–H groups in total. The van der Waals surface area contributed by atoms with Crippen LogP contribution in [-0.2, 0) is 4.74 Å². The summed E-state index contributed by atoms with van der Waals surface area (Å²) in [5.74, 6) is -0.494. The smallest absolute Gasteiger partial charge is 0.319 e. The quantitative estimate of drug-likeness (QED) is 0.739. The second-order valence-electron chi connectivity index (χ2n) is 4.29. The van der Waals surface area contributed by atoms with E-state index in [0.29, 0.717) is 23.1 Å². The van der Waals surface area contributed by atoms with Gasteiger partial charge in [-0.25, -0.2) is 9.18 Å². The Bertz CT molecular complexity index is 471. The van der Waals surface area contributed by atoms with Crippen LogP contribution in [0.3, 0.4) is 0 Å². The van der Waals surface area contributed by atoms with Crippen molar-refractivity contribution in [1.29, 1.82) is 0 Å². The molecule has 0 saturated carbocycles. The van der Waals surface area contributed by atoms with E-state index in [9.17, 15) is 9.18 Å². The number of methoxy groups -OCH3 is 1. The predicted molar refractivity (Wildman–Crippen MR) is 78.4 cm³/mol. The number of hydrogen-bond acceptors (Lipinski definition) is 3. The van der Waals surface area contributed by atoms with Crippen LogP contribution in [-0.4, -0.2) is 37.5 Å². The van der Waals surface area contributed by atoms with E-state index in [2.05, 4.69) is 26.6 Å². The second-order valence-corrected chi connectivity index (χ2v) is 5.15. The van der Waals surface area contributed by atoms with Gasteiger partial charge in [0, 0.05) is 23.8 Å². The van der Waals surface area contributed by atoms with Crippen LogP contribution in [0.15, 0.2) is 16.6 Å². The molecule has 0 radical (unpaired) electrons. The van der Waals surface area contributed by atoms with Gasteiger partial charge < -0.3 is 20.5 Å². The Morgan fingerprint density at radius 3 is 2.85 bits per heavy atom. The number of urea groups is 1. The molecule has 0 saturated heterocycles. The van der Waals surface area contributed by atoms with Crippen molar-refractivity contribution in [2.75, 3.05) is 25.6 Å². The minimum absolute atomic E-state index is 0.0895. The second kappa shape index (κ2) is 8.18. The van der Waals surface area contributed by atoms with Crippen LogP contribution in [0.4, 0.5) is 14.9 Å². The molecule has 20 heavy (non-hydrogen) atoms. The summed E-state index contributed by atoms with van der Waals surface area (Å²) < 4.78 is 19.4. The predicted octanol–water partition coefficient (Wildman–Crippen LogP) is 2.42. The van der Waals surface area contributed by atoms with Crippen LogP contribution in [0, 0.1) is 12.7 Å². The van der Waals surface area contributed by atoms with Gasteiger partial charge in [0.1, 0.15) is 0 Å². The lowest BCUT2D eigenvalue weighted by molar-refractivity contribution is 0.161. The number of anilines is 1. The summed E-state index contributed by atoms with van der Waals surface area (Å²) in [6.07, 6.45) is 0.474. The van der Waals surface area contributed by atoms with Crippen molar-refractivity contribution in [2.24, 2.45) is 0 Å². The first-order valence-corrected chi connectivity index (χ1v) is 6.90. The van der Waals surface area contributed by atoms with Gasteiger partial charge in [0.15, 0.2) is 5.82 Å². The number of aliphatic hydroxyl groups excluding tert-OH is 1. The van der Waals surface area contributed by atoms with Gasteiger partial charge in [0.05, 0.1) is 18.3 Å². The Morgan fingerprint density at radius 2 is 2.25 bits per heavy atom. The van der Waals surface area contributed by atoms with Gasteiger partial charge in [0.25, 0.3) is 0 Å². The van der Waals surface area contributed by atoms with Gasteiger partial charge in [-0.3, -0.25) is 0 Å². The SMILES string of the molecule is COCC[C@H](CO)NC(=O)Nc1ccc(Br)c(C)c1F. The van der Waals surface area contributed by atoms with Gasteiger partial charge in [0.2, 0.25) is 0 Å². The first-order valence-electron chi connectivity index (χ1n) is 6.11. The summed E-state index contributed by atoms with van der Waals surface area (Å²) >= 11 is 3.21. The van der Waals surface area contributed by atoms with E-state index in [-0.39, 0.29) is 12.3 Å². The van der Waals surface area contributed by atoms with Crippen molar-refractivity contribution in [3.8, 4) is 0 Å². The minimum Gasteiger partial charge on any atom is -0.394 e. The number of rotatable bonds is 6. The van der Waals surface area contributed by atoms with E-state index in [1.165, 1.54) is 13.2 Å². The van der Waals surface area contributed by atoms with Crippen molar-refractivity contribution >= 4 is 27.6 Å². The Labute approximate surface area is 125 Å². The number of aliphatic hydroxyl groups is 1. The zero-order valence-electron chi connectivity index (χ0n) is 11.4. The van der Waals surface area contributed by atoms with Crippen molar-refractivity contribution in [3.05, 3.63) is 28.0 Å². The van der Waals surface area contributed by atoms with Crippen LogP contribution in [0.5, 0.6) is 0 Å². The summed E-state index contributed by atoms with van der Waals surface area (Å²) in [5, 5.41) is 14.1. The minimum atomic E-state index is -0.569. The third-order valence-corrected chi connectivity index (χ3v) is 3.65. The lowest BCUT2D eigenvalue weighted by Crippen LogP contribution is -2.41. The molecule has 2 amide bonds. The molecule has 1 rings (SSSR count). The average molecular weight is 349 g/mol. The van der Waals surface area contributed by atoms with Crippen molar-refractivity contribution in [2.45, 2.75) is 19.4 Å². The lowest BCUT2D eigenvalue weighted by Gasteiger charge is -2.17. The maximum absolute atomic E-state index is 13.9. The fraction of sp³-hybridized carbons (Fsp3) is 0.462. The number of amides is 2. The van der Waals surface area contributed by atoms with Crippen molar-refractivity contribution in [1.82, 2.24) is 5.32 Å². The Morgan fingerprint density at radius 1 is 1.55 bits per heavy atom. The van der Waals surface area contributed by atoms with E-state index in [0.717, 1.165) is 0 Å². The van der Waals surface area contributed by atoms with Gasteiger partial charge in [-0.15, -0.1) is 0 Å². The van der Waals surface area contributed by atoms with E-state index in [1.54, 1.807) is 13.0 Å². The maximum Gasteiger partial charge on any atom is 0.319 e. The molecule has 0 aromatic heterocycles. The topological polar surface area (TPSA) is 70.6 Å². The normalized spacial score (nSPS) is 12.1. The molecule has 5 nitrogen and oxygen atoms in total. The van der Waals surface area contributed by atoms with Gasteiger partial charge in [-0.2, -0.15) is 0 Å². The number of nitrogens with one attached hydrogen (secondary N) is 2. The summed E-state index contributed by atoms with van der Waals surface area (Å²) in [5.41, 5.74) is 0.507. The molecular formula is C13H18BrFN2O3. The monoisotopic (exact) mass is 348 g/mol. The van der Waals surface area contributed by atoms with E-state index >= 15 is 0 Å². The molecular weight excluding hydrogens is 331 g/mol. The molecule has 1 aromatic rings. The van der Waals surface area contributed by atoms with Crippen LogP contribution in [0.2, 0.25) is 0 Å². The van der Waals surface area contributed by atoms with Crippen molar-refractivity contribution < 1.29 is 19.0 Å². The molecule has 112 valence electrons. The summed E-state index contributed by atoms with van der Waals surface area (Å²) in [6, 6.07) is 2.12. The number of halogens is 2. The summed E-state index contributed by atoms with van der Waals surface area (Å²) in [7, 11) is 1.54. The number of ether oxygens (including phenoxy) is 1. The molecule has 0 bridgehead atoms. The zero-order valence-corrected chi connectivity index (χ0v) is 13.0. The molecule has 0 aliphatic heterocycles. The van der Waals surface area contributed by atoms with Crippen LogP contribution in [0.1, 0.15) is 12.0 Å². The van der Waals surface area contributed by atoms with Crippen LogP contribution in [0.25, 0.3) is 0 Å². The standard InChI is InChI=1S/C13H18BrFN2O3/c1-8-10(14)3-4-11(12(8)15)17-13(19)16-9(7-18)5-6-20-2/h3-4,9,18H,5-7H2,1-2H3,(H2,16,17,19)/t9-/m1/s1. The van der Waals surface area contributed by atoms with Crippen molar-refractivity contribution in [3.63, 3.8) is 0 Å². The third kappa shape index (κ3) is 4.73. The fourth-order valence-electron chi connectivity index (χ4n) is 1.57. The van der Waals surface area contributed by atoms with E-state index in [1.807, 2.05) is 0 Å². The highest BCUT2D eigenvalue weighted by Crippen LogP contribution is 2.24. The molecule has 1 atom stereocenters. The third-order valence-electron chi connectivity index (χ3n) is 2.79. The number of carbonyl (C=O) groups is 1. The maximum atomic E-state index is 13.9. The highest BCUT2D eigenvalue weighted by atomic mass is 79.9. The number of benzene rings is 1. The molecule has 0 aliphatic rings. The highest BCUT2D eigenvalue weighted by Gasteiger charge is 2.14. The summed E-state index contributed by atoms with van der Waals surface area (Å²) in [4.78, 5) is 11.7.